The molecule has 1 aromatic rings. The van der Waals surface area contributed by atoms with E-state index in [0.717, 1.165) is 9.75 Å². The first-order valence-corrected chi connectivity index (χ1v) is 9.87. The fourth-order valence-electron chi connectivity index (χ4n) is 2.73. The normalized spacial score (nSPS) is 17.6. The van der Waals surface area contributed by atoms with E-state index >= 15 is 0 Å². The van der Waals surface area contributed by atoms with Crippen LogP contribution >= 0.6 is 27.3 Å². The lowest BCUT2D eigenvalue weighted by Gasteiger charge is -2.40. The Balaban J connectivity index is 2.07. The van der Waals surface area contributed by atoms with Gasteiger partial charge in [0.05, 0.1) is 10.2 Å². The Hall–Kier alpha value is -0.920. The molecule has 1 fully saturated rings. The summed E-state index contributed by atoms with van der Waals surface area (Å²) in [6.45, 7) is 6.73. The molecule has 1 saturated heterocycles. The van der Waals surface area contributed by atoms with Crippen molar-refractivity contribution in [2.24, 2.45) is 0 Å². The monoisotopic (exact) mass is 417 g/mol. The molecular formula is C17H24BrNO4S. The summed E-state index contributed by atoms with van der Waals surface area (Å²) in [6, 6.07) is 3.82. The van der Waals surface area contributed by atoms with Gasteiger partial charge in [-0.15, -0.1) is 11.3 Å². The van der Waals surface area contributed by atoms with Crippen molar-refractivity contribution in [1.82, 2.24) is 4.90 Å². The molecular weight excluding hydrogens is 394 g/mol. The number of rotatable bonds is 4. The van der Waals surface area contributed by atoms with Gasteiger partial charge in [0.25, 0.3) is 0 Å². The molecule has 0 aliphatic carbocycles. The number of hydrogen-bond donors (Lipinski definition) is 0. The fraction of sp³-hybridized carbons (Fsp3) is 0.647. The van der Waals surface area contributed by atoms with Crippen LogP contribution in [0.5, 0.6) is 0 Å². The zero-order chi connectivity index (χ0) is 18.0. The van der Waals surface area contributed by atoms with Gasteiger partial charge in [-0.3, -0.25) is 4.79 Å². The molecule has 134 valence electrons. The highest BCUT2D eigenvalue weighted by Gasteiger charge is 2.39. The number of ketones is 1. The van der Waals surface area contributed by atoms with Crippen molar-refractivity contribution in [3.8, 4) is 0 Å². The van der Waals surface area contributed by atoms with E-state index in [4.69, 9.17) is 9.47 Å². The maximum absolute atomic E-state index is 12.2. The molecule has 1 aromatic heterocycles. The number of Topliss-reactive ketones (excluding diaryl/α,β-unsaturated/α-hetero) is 1. The molecule has 0 spiro atoms. The van der Waals surface area contributed by atoms with Crippen LogP contribution in [0.4, 0.5) is 4.79 Å². The van der Waals surface area contributed by atoms with Crippen LogP contribution in [0.2, 0.25) is 0 Å². The van der Waals surface area contributed by atoms with E-state index in [-0.39, 0.29) is 11.9 Å². The van der Waals surface area contributed by atoms with Gasteiger partial charge in [0.2, 0.25) is 0 Å². The summed E-state index contributed by atoms with van der Waals surface area (Å²) in [6.07, 6.45) is 1.09. The Kier molecular flexibility index (Phi) is 6.09. The lowest BCUT2D eigenvalue weighted by molar-refractivity contribution is -0.0627. The predicted octanol–water partition coefficient (Wildman–Crippen LogP) is 4.20. The van der Waals surface area contributed by atoms with Crippen molar-refractivity contribution < 1.29 is 19.1 Å². The average Bonchev–Trinajstić information content (AvgIpc) is 3.03. The average molecular weight is 418 g/mol. The number of piperidine rings is 1. The fourth-order valence-corrected chi connectivity index (χ4v) is 4.38. The minimum Gasteiger partial charge on any atom is -0.444 e. The summed E-state index contributed by atoms with van der Waals surface area (Å²) in [5, 5.41) is 0.319. The first-order chi connectivity index (χ1) is 11.2. The smallest absolute Gasteiger partial charge is 0.410 e. The predicted molar refractivity (Wildman–Crippen MR) is 98.2 cm³/mol. The van der Waals surface area contributed by atoms with Crippen molar-refractivity contribution in [2.45, 2.75) is 44.8 Å². The Bertz CT molecular complexity index is 600. The lowest BCUT2D eigenvalue weighted by atomic mass is 9.89. The number of hydrogen-bond acceptors (Lipinski definition) is 5. The summed E-state index contributed by atoms with van der Waals surface area (Å²) in [7, 11) is 1.69. The van der Waals surface area contributed by atoms with E-state index in [9.17, 15) is 9.59 Å². The SMILES string of the molecule is COC1(c2ccc(C(=O)CBr)s2)CCN(C(=O)OC(C)(C)C)CC1. The molecule has 24 heavy (non-hydrogen) atoms. The van der Waals surface area contributed by atoms with Gasteiger partial charge < -0.3 is 14.4 Å². The van der Waals surface area contributed by atoms with Crippen LogP contribution in [0, 0.1) is 0 Å². The van der Waals surface area contributed by atoms with E-state index in [2.05, 4.69) is 15.9 Å². The van der Waals surface area contributed by atoms with Crippen LogP contribution in [0.3, 0.4) is 0 Å². The molecule has 0 bridgehead atoms. The molecule has 7 heteroatoms. The summed E-state index contributed by atoms with van der Waals surface area (Å²) < 4.78 is 11.3. The number of ether oxygens (including phenoxy) is 2. The highest BCUT2D eigenvalue weighted by molar-refractivity contribution is 9.09. The maximum Gasteiger partial charge on any atom is 0.410 e. The lowest BCUT2D eigenvalue weighted by Crippen LogP contribution is -2.47. The molecule has 0 aromatic carbocycles. The summed E-state index contributed by atoms with van der Waals surface area (Å²) in [4.78, 5) is 27.5. The van der Waals surface area contributed by atoms with Crippen LogP contribution in [-0.2, 0) is 15.1 Å². The van der Waals surface area contributed by atoms with Gasteiger partial charge in [-0.1, -0.05) is 15.9 Å². The van der Waals surface area contributed by atoms with Crippen LogP contribution in [0.25, 0.3) is 0 Å². The van der Waals surface area contributed by atoms with Crippen molar-refractivity contribution in [3.05, 3.63) is 21.9 Å². The second-order valence-electron chi connectivity index (χ2n) is 6.89. The number of carbonyl (C=O) groups excluding carboxylic acids is 2. The topological polar surface area (TPSA) is 55.8 Å². The molecule has 0 N–H and O–H groups in total. The van der Waals surface area contributed by atoms with Gasteiger partial charge in [-0.2, -0.15) is 0 Å². The number of nitrogens with zero attached hydrogens (tertiary/aromatic N) is 1. The number of carbonyl (C=O) groups is 2. The quantitative estimate of drug-likeness (QED) is 0.543. The number of amides is 1. The minimum atomic E-state index is -0.494. The zero-order valence-corrected chi connectivity index (χ0v) is 17.0. The second-order valence-corrected chi connectivity index (χ2v) is 8.53. The number of methoxy groups -OCH3 is 1. The molecule has 0 radical (unpaired) electrons. The second kappa shape index (κ2) is 7.54. The van der Waals surface area contributed by atoms with Gasteiger partial charge in [0, 0.05) is 25.1 Å². The number of thiophene rings is 1. The number of alkyl halides is 1. The first kappa shape index (κ1) is 19.4. The van der Waals surface area contributed by atoms with E-state index in [1.165, 1.54) is 11.3 Å². The van der Waals surface area contributed by atoms with Crippen LogP contribution < -0.4 is 0 Å². The van der Waals surface area contributed by atoms with Gasteiger partial charge in [0.1, 0.15) is 11.2 Å². The van der Waals surface area contributed by atoms with Crippen LogP contribution in [0.1, 0.15) is 48.2 Å². The van der Waals surface area contributed by atoms with Crippen molar-refractivity contribution in [2.75, 3.05) is 25.5 Å². The van der Waals surface area contributed by atoms with E-state index in [1.54, 1.807) is 12.0 Å². The maximum atomic E-state index is 12.2. The largest absolute Gasteiger partial charge is 0.444 e. The van der Waals surface area contributed by atoms with Crippen LogP contribution in [0.15, 0.2) is 12.1 Å². The van der Waals surface area contributed by atoms with Crippen LogP contribution in [-0.4, -0.2) is 47.9 Å². The standard InChI is InChI=1S/C17H24BrNO4S/c1-16(2,3)23-15(21)19-9-7-17(22-4,8-10-19)14-6-5-13(24-14)12(20)11-18/h5-6H,7-11H2,1-4H3. The van der Waals surface area contributed by atoms with Crippen molar-refractivity contribution in [3.63, 3.8) is 0 Å². The molecule has 1 aliphatic heterocycles. The van der Waals surface area contributed by atoms with Gasteiger partial charge >= 0.3 is 6.09 Å². The zero-order valence-electron chi connectivity index (χ0n) is 14.6. The van der Waals surface area contributed by atoms with E-state index < -0.39 is 11.2 Å². The van der Waals surface area contributed by atoms with Crippen molar-refractivity contribution >= 4 is 39.1 Å². The summed E-state index contributed by atoms with van der Waals surface area (Å²) in [5.74, 6) is 0.0729. The number of likely N-dealkylation sites (tertiary alicyclic amines) is 1. The summed E-state index contributed by atoms with van der Waals surface area (Å²) in [5.41, 5.74) is -0.931. The molecule has 2 rings (SSSR count). The molecule has 0 unspecified atom stereocenters. The molecule has 2 heterocycles. The Morgan fingerprint density at radius 3 is 2.42 bits per heavy atom. The van der Waals surface area contributed by atoms with Gasteiger partial charge in [0.15, 0.2) is 5.78 Å². The Morgan fingerprint density at radius 2 is 1.92 bits per heavy atom. The molecule has 5 nitrogen and oxygen atoms in total. The van der Waals surface area contributed by atoms with Gasteiger partial charge in [-0.05, 0) is 45.7 Å². The highest BCUT2D eigenvalue weighted by Crippen LogP contribution is 2.40. The molecule has 1 aliphatic rings. The van der Waals surface area contributed by atoms with Crippen molar-refractivity contribution in [1.29, 1.82) is 0 Å². The Morgan fingerprint density at radius 1 is 1.29 bits per heavy atom. The number of halogens is 1. The third-order valence-corrected chi connectivity index (χ3v) is 5.89. The molecule has 0 atom stereocenters. The molecule has 1 amide bonds. The first-order valence-electron chi connectivity index (χ1n) is 7.93. The minimum absolute atomic E-state index is 0.0729. The Labute approximate surface area is 155 Å². The van der Waals surface area contributed by atoms with E-state index in [1.807, 2.05) is 32.9 Å². The summed E-state index contributed by atoms with van der Waals surface area (Å²) >= 11 is 4.68. The van der Waals surface area contributed by atoms with E-state index in [0.29, 0.717) is 31.3 Å². The third kappa shape index (κ3) is 4.37. The third-order valence-electron chi connectivity index (χ3n) is 4.06. The van der Waals surface area contributed by atoms with Gasteiger partial charge in [-0.25, -0.2) is 4.79 Å². The molecule has 0 saturated carbocycles. The highest BCUT2D eigenvalue weighted by atomic mass is 79.9.